The van der Waals surface area contributed by atoms with Crippen molar-refractivity contribution < 1.29 is 0 Å². The summed E-state index contributed by atoms with van der Waals surface area (Å²) < 4.78 is 2.19. The van der Waals surface area contributed by atoms with Crippen molar-refractivity contribution in [1.82, 2.24) is 4.57 Å². The summed E-state index contributed by atoms with van der Waals surface area (Å²) in [7, 11) is 0. The number of nitrogens with zero attached hydrogens (tertiary/aromatic N) is 2. The maximum Gasteiger partial charge on any atom is 0.0684 e. The molecule has 0 unspecified atom stereocenters. The quantitative estimate of drug-likeness (QED) is 0.798. The third-order valence-corrected chi connectivity index (χ3v) is 2.60. The average molecular weight is 205 g/mol. The zero-order valence-electron chi connectivity index (χ0n) is 9.53. The monoisotopic (exact) mass is 205 g/mol. The molecule has 1 aromatic rings. The SMILES string of the molecule is CC(C)(C#N)CCn1cccc1CCN. The summed E-state index contributed by atoms with van der Waals surface area (Å²) in [5.41, 5.74) is 6.54. The van der Waals surface area contributed by atoms with Crippen molar-refractivity contribution >= 4 is 0 Å². The molecule has 0 saturated carbocycles. The molecule has 0 fully saturated rings. The Morgan fingerprint density at radius 3 is 2.87 bits per heavy atom. The van der Waals surface area contributed by atoms with E-state index in [4.69, 9.17) is 11.0 Å². The predicted octanol–water partition coefficient (Wildman–Crippen LogP) is 1.93. The van der Waals surface area contributed by atoms with E-state index in [0.717, 1.165) is 19.4 Å². The van der Waals surface area contributed by atoms with Crippen molar-refractivity contribution in [3.63, 3.8) is 0 Å². The highest BCUT2D eigenvalue weighted by atomic mass is 15.0. The summed E-state index contributed by atoms with van der Waals surface area (Å²) in [4.78, 5) is 0. The first-order valence-corrected chi connectivity index (χ1v) is 5.34. The molecule has 3 nitrogen and oxygen atoms in total. The molecule has 0 aliphatic carbocycles. The lowest BCUT2D eigenvalue weighted by Gasteiger charge is -2.16. The van der Waals surface area contributed by atoms with E-state index in [1.807, 2.05) is 19.9 Å². The molecule has 0 atom stereocenters. The highest BCUT2D eigenvalue weighted by Gasteiger charge is 2.16. The Morgan fingerprint density at radius 1 is 1.53 bits per heavy atom. The largest absolute Gasteiger partial charge is 0.351 e. The van der Waals surface area contributed by atoms with Gasteiger partial charge in [-0.3, -0.25) is 0 Å². The van der Waals surface area contributed by atoms with Gasteiger partial charge in [-0.15, -0.1) is 0 Å². The topological polar surface area (TPSA) is 54.7 Å². The fraction of sp³-hybridized carbons (Fsp3) is 0.583. The molecule has 0 saturated heterocycles. The number of hydrogen-bond donors (Lipinski definition) is 1. The molecule has 0 amide bonds. The Hall–Kier alpha value is -1.27. The standard InChI is InChI=1S/C12H19N3/c1-12(2,10-14)6-9-15-8-3-4-11(15)5-7-13/h3-4,8H,5-7,9,13H2,1-2H3. The molecule has 0 aliphatic heterocycles. The molecular weight excluding hydrogens is 186 g/mol. The molecule has 0 aromatic carbocycles. The first-order chi connectivity index (χ1) is 7.09. The first-order valence-electron chi connectivity index (χ1n) is 5.34. The van der Waals surface area contributed by atoms with Gasteiger partial charge in [0, 0.05) is 18.4 Å². The van der Waals surface area contributed by atoms with Gasteiger partial charge in [0.15, 0.2) is 0 Å². The van der Waals surface area contributed by atoms with Gasteiger partial charge < -0.3 is 10.3 Å². The zero-order valence-corrected chi connectivity index (χ0v) is 9.53. The summed E-state index contributed by atoms with van der Waals surface area (Å²) in [6.07, 6.45) is 3.83. The van der Waals surface area contributed by atoms with Crippen molar-refractivity contribution in [2.75, 3.05) is 6.54 Å². The molecular formula is C12H19N3. The van der Waals surface area contributed by atoms with E-state index in [0.29, 0.717) is 6.54 Å². The molecule has 0 bridgehead atoms. The van der Waals surface area contributed by atoms with Crippen LogP contribution in [0.3, 0.4) is 0 Å². The van der Waals surface area contributed by atoms with E-state index >= 15 is 0 Å². The van der Waals surface area contributed by atoms with Crippen LogP contribution in [0.15, 0.2) is 18.3 Å². The third kappa shape index (κ3) is 3.41. The maximum absolute atomic E-state index is 8.92. The molecule has 3 heteroatoms. The van der Waals surface area contributed by atoms with Gasteiger partial charge in [0.05, 0.1) is 11.5 Å². The van der Waals surface area contributed by atoms with Crippen molar-refractivity contribution in [3.05, 3.63) is 24.0 Å². The summed E-state index contributed by atoms with van der Waals surface area (Å²) >= 11 is 0. The van der Waals surface area contributed by atoms with Crippen molar-refractivity contribution in [3.8, 4) is 6.07 Å². The van der Waals surface area contributed by atoms with Crippen LogP contribution >= 0.6 is 0 Å². The van der Waals surface area contributed by atoms with Gasteiger partial charge >= 0.3 is 0 Å². The van der Waals surface area contributed by atoms with E-state index in [2.05, 4.69) is 22.9 Å². The van der Waals surface area contributed by atoms with Crippen molar-refractivity contribution in [2.24, 2.45) is 11.1 Å². The number of hydrogen-bond acceptors (Lipinski definition) is 2. The number of nitrogens with two attached hydrogens (primary N) is 1. The van der Waals surface area contributed by atoms with Gasteiger partial charge in [0.2, 0.25) is 0 Å². The second-order valence-corrected chi connectivity index (χ2v) is 4.48. The lowest BCUT2D eigenvalue weighted by atomic mass is 9.91. The fourth-order valence-electron chi connectivity index (χ4n) is 1.50. The first kappa shape index (κ1) is 11.8. The molecule has 1 aromatic heterocycles. The normalized spacial score (nSPS) is 11.3. The highest BCUT2D eigenvalue weighted by Crippen LogP contribution is 2.20. The van der Waals surface area contributed by atoms with Crippen LogP contribution in [-0.2, 0) is 13.0 Å². The van der Waals surface area contributed by atoms with Crippen LogP contribution in [0, 0.1) is 16.7 Å². The Bertz CT molecular complexity index is 344. The van der Waals surface area contributed by atoms with Gasteiger partial charge in [0.1, 0.15) is 0 Å². The Balaban J connectivity index is 2.58. The Kier molecular flexibility index (Phi) is 3.93. The minimum Gasteiger partial charge on any atom is -0.351 e. The van der Waals surface area contributed by atoms with Crippen LogP contribution in [0.5, 0.6) is 0 Å². The Labute approximate surface area is 91.5 Å². The average Bonchev–Trinajstić information content (AvgIpc) is 2.64. The van der Waals surface area contributed by atoms with Crippen LogP contribution in [0.2, 0.25) is 0 Å². The molecule has 15 heavy (non-hydrogen) atoms. The maximum atomic E-state index is 8.92. The van der Waals surface area contributed by atoms with Crippen LogP contribution in [0.4, 0.5) is 0 Å². The van der Waals surface area contributed by atoms with E-state index < -0.39 is 0 Å². The number of nitriles is 1. The van der Waals surface area contributed by atoms with Crippen LogP contribution in [0.1, 0.15) is 26.0 Å². The summed E-state index contributed by atoms with van der Waals surface area (Å²) in [6, 6.07) is 6.44. The predicted molar refractivity (Wildman–Crippen MR) is 61.2 cm³/mol. The van der Waals surface area contributed by atoms with E-state index in [1.165, 1.54) is 5.69 Å². The van der Waals surface area contributed by atoms with Crippen LogP contribution in [0.25, 0.3) is 0 Å². The van der Waals surface area contributed by atoms with Gasteiger partial charge in [-0.2, -0.15) is 5.26 Å². The van der Waals surface area contributed by atoms with E-state index in [9.17, 15) is 0 Å². The summed E-state index contributed by atoms with van der Waals surface area (Å²) in [5, 5.41) is 8.92. The van der Waals surface area contributed by atoms with Crippen LogP contribution in [-0.4, -0.2) is 11.1 Å². The minimum absolute atomic E-state index is 0.246. The van der Waals surface area contributed by atoms with E-state index in [1.54, 1.807) is 0 Å². The van der Waals surface area contributed by atoms with Gasteiger partial charge in [-0.05, 0) is 45.4 Å². The molecule has 0 aliphatic rings. The summed E-state index contributed by atoms with van der Waals surface area (Å²) in [5.74, 6) is 0. The van der Waals surface area contributed by atoms with Crippen LogP contribution < -0.4 is 5.73 Å². The number of aromatic nitrogens is 1. The van der Waals surface area contributed by atoms with E-state index in [-0.39, 0.29) is 5.41 Å². The second-order valence-electron chi connectivity index (χ2n) is 4.48. The zero-order chi connectivity index (χ0) is 11.3. The van der Waals surface area contributed by atoms with Gasteiger partial charge in [0.25, 0.3) is 0 Å². The minimum atomic E-state index is -0.246. The molecule has 0 spiro atoms. The second kappa shape index (κ2) is 4.99. The highest BCUT2D eigenvalue weighted by molar-refractivity contribution is 5.08. The molecule has 82 valence electrons. The number of aryl methyl sites for hydroxylation is 1. The molecule has 1 rings (SSSR count). The van der Waals surface area contributed by atoms with Crippen molar-refractivity contribution in [1.29, 1.82) is 5.26 Å². The Morgan fingerprint density at radius 2 is 2.27 bits per heavy atom. The smallest absolute Gasteiger partial charge is 0.0684 e. The lowest BCUT2D eigenvalue weighted by molar-refractivity contribution is 0.410. The van der Waals surface area contributed by atoms with Gasteiger partial charge in [-0.25, -0.2) is 0 Å². The van der Waals surface area contributed by atoms with Gasteiger partial charge in [-0.1, -0.05) is 0 Å². The lowest BCUT2D eigenvalue weighted by Crippen LogP contribution is -2.14. The van der Waals surface area contributed by atoms with Crippen molar-refractivity contribution in [2.45, 2.75) is 33.2 Å². The molecule has 2 N–H and O–H groups in total. The molecule has 1 heterocycles. The number of rotatable bonds is 5. The molecule has 0 radical (unpaired) electrons. The fourth-order valence-corrected chi connectivity index (χ4v) is 1.50. The third-order valence-electron chi connectivity index (χ3n) is 2.60. The summed E-state index contributed by atoms with van der Waals surface area (Å²) in [6.45, 7) is 5.51.